The van der Waals surface area contributed by atoms with E-state index < -0.39 is 18.3 Å². The highest BCUT2D eigenvalue weighted by Crippen LogP contribution is 2.35. The molecule has 0 unspecified atom stereocenters. The molecule has 0 bridgehead atoms. The average molecular weight is 416 g/mol. The van der Waals surface area contributed by atoms with Gasteiger partial charge >= 0.3 is 0 Å². The SMILES string of the molecule is Fc1ccc(Br)cc1[C@@H](Nc1c(Cl)cnc2ccccc12)C(F)F. The van der Waals surface area contributed by atoms with E-state index in [9.17, 15) is 13.2 Å². The molecule has 3 rings (SSSR count). The summed E-state index contributed by atoms with van der Waals surface area (Å²) in [6.45, 7) is 0. The number of hydrogen-bond acceptors (Lipinski definition) is 2. The van der Waals surface area contributed by atoms with E-state index in [1.165, 1.54) is 18.3 Å². The molecule has 0 saturated carbocycles. The van der Waals surface area contributed by atoms with Crippen molar-refractivity contribution in [1.82, 2.24) is 4.98 Å². The minimum absolute atomic E-state index is 0.142. The van der Waals surface area contributed by atoms with Crippen LogP contribution < -0.4 is 5.32 Å². The van der Waals surface area contributed by atoms with Gasteiger partial charge in [0.25, 0.3) is 6.43 Å². The Labute approximate surface area is 149 Å². The van der Waals surface area contributed by atoms with Gasteiger partial charge in [0.05, 0.1) is 16.2 Å². The molecule has 1 aromatic heterocycles. The van der Waals surface area contributed by atoms with Gasteiger partial charge in [0.2, 0.25) is 0 Å². The Balaban J connectivity index is 2.10. The van der Waals surface area contributed by atoms with Crippen LogP contribution in [0.25, 0.3) is 10.9 Å². The lowest BCUT2D eigenvalue weighted by atomic mass is 10.1. The van der Waals surface area contributed by atoms with E-state index in [1.54, 1.807) is 24.3 Å². The van der Waals surface area contributed by atoms with Gasteiger partial charge in [0.15, 0.2) is 0 Å². The summed E-state index contributed by atoms with van der Waals surface area (Å²) in [4.78, 5) is 4.16. The lowest BCUT2D eigenvalue weighted by molar-refractivity contribution is 0.123. The summed E-state index contributed by atoms with van der Waals surface area (Å²) in [6, 6.07) is 9.37. The van der Waals surface area contributed by atoms with Crippen LogP contribution in [-0.4, -0.2) is 11.4 Å². The highest BCUT2D eigenvalue weighted by molar-refractivity contribution is 9.10. The van der Waals surface area contributed by atoms with Crippen LogP contribution in [0.5, 0.6) is 0 Å². The van der Waals surface area contributed by atoms with Crippen molar-refractivity contribution >= 4 is 44.1 Å². The Hall–Kier alpha value is -1.79. The maximum Gasteiger partial charge on any atom is 0.262 e. The normalized spacial score (nSPS) is 12.6. The lowest BCUT2D eigenvalue weighted by Crippen LogP contribution is -2.20. The Bertz CT molecular complexity index is 889. The molecule has 1 N–H and O–H groups in total. The van der Waals surface area contributed by atoms with Crippen molar-refractivity contribution in [3.05, 3.63) is 69.5 Å². The fourth-order valence-corrected chi connectivity index (χ4v) is 3.03. The average Bonchev–Trinajstić information content (AvgIpc) is 2.56. The first-order valence-corrected chi connectivity index (χ1v) is 8.17. The third-order valence-corrected chi connectivity index (χ3v) is 4.35. The summed E-state index contributed by atoms with van der Waals surface area (Å²) in [7, 11) is 0. The molecule has 2 aromatic carbocycles. The number of hydrogen-bond donors (Lipinski definition) is 1. The van der Waals surface area contributed by atoms with Crippen molar-refractivity contribution in [2.75, 3.05) is 5.32 Å². The fraction of sp³-hybridized carbons (Fsp3) is 0.118. The van der Waals surface area contributed by atoms with Crippen LogP contribution in [0, 0.1) is 5.82 Å². The number of anilines is 1. The molecule has 1 atom stereocenters. The summed E-state index contributed by atoms with van der Waals surface area (Å²) in [5.41, 5.74) is 0.760. The van der Waals surface area contributed by atoms with Gasteiger partial charge in [-0.3, -0.25) is 4.98 Å². The molecule has 0 aliphatic rings. The Morgan fingerprint density at radius 3 is 2.62 bits per heavy atom. The van der Waals surface area contributed by atoms with E-state index in [1.807, 2.05) is 0 Å². The molecule has 0 saturated heterocycles. The molecule has 7 heteroatoms. The highest BCUT2D eigenvalue weighted by Gasteiger charge is 2.27. The maximum atomic E-state index is 14.1. The second kappa shape index (κ2) is 6.99. The predicted molar refractivity (Wildman–Crippen MR) is 93.2 cm³/mol. The van der Waals surface area contributed by atoms with Gasteiger partial charge in [-0.2, -0.15) is 0 Å². The van der Waals surface area contributed by atoms with Gasteiger partial charge in [-0.15, -0.1) is 0 Å². The summed E-state index contributed by atoms with van der Waals surface area (Å²) < 4.78 is 41.8. The standard InChI is InChI=1S/C17H11BrClF3N2/c18-9-5-6-13(20)11(7-9)16(17(21)22)24-15-10-3-1-2-4-14(10)23-8-12(15)19/h1-8,16-17H,(H,23,24)/t16-/m1/s1. The molecule has 0 spiro atoms. The van der Waals surface area contributed by atoms with Gasteiger partial charge in [-0.05, 0) is 24.3 Å². The Kier molecular flexibility index (Phi) is 4.96. The topological polar surface area (TPSA) is 24.9 Å². The monoisotopic (exact) mass is 414 g/mol. The quantitative estimate of drug-likeness (QED) is 0.548. The summed E-state index contributed by atoms with van der Waals surface area (Å²) >= 11 is 9.32. The molecule has 0 amide bonds. The summed E-state index contributed by atoms with van der Waals surface area (Å²) in [5.74, 6) is -0.717. The second-order valence-corrected chi connectivity index (χ2v) is 6.44. The first-order valence-electron chi connectivity index (χ1n) is 7.00. The smallest absolute Gasteiger partial charge is 0.262 e. The van der Waals surface area contributed by atoms with Crippen molar-refractivity contribution < 1.29 is 13.2 Å². The van der Waals surface area contributed by atoms with Gasteiger partial charge < -0.3 is 5.32 Å². The zero-order valence-corrected chi connectivity index (χ0v) is 14.5. The van der Waals surface area contributed by atoms with Crippen LogP contribution in [0.1, 0.15) is 11.6 Å². The highest BCUT2D eigenvalue weighted by atomic mass is 79.9. The minimum atomic E-state index is -2.84. The summed E-state index contributed by atoms with van der Waals surface area (Å²) in [6.07, 6.45) is -1.46. The number of rotatable bonds is 4. The second-order valence-electron chi connectivity index (χ2n) is 5.12. The van der Waals surface area contributed by atoms with Crippen LogP contribution >= 0.6 is 27.5 Å². The fourth-order valence-electron chi connectivity index (χ4n) is 2.45. The number of aromatic nitrogens is 1. The van der Waals surface area contributed by atoms with Crippen molar-refractivity contribution in [3.63, 3.8) is 0 Å². The van der Waals surface area contributed by atoms with Crippen LogP contribution in [0.2, 0.25) is 5.02 Å². The van der Waals surface area contributed by atoms with E-state index in [2.05, 4.69) is 26.2 Å². The largest absolute Gasteiger partial charge is 0.371 e. The lowest BCUT2D eigenvalue weighted by Gasteiger charge is -2.22. The molecule has 24 heavy (non-hydrogen) atoms. The number of halogens is 5. The maximum absolute atomic E-state index is 14.1. The number of nitrogens with one attached hydrogen (secondary N) is 1. The first-order chi connectivity index (χ1) is 11.5. The third kappa shape index (κ3) is 3.35. The molecule has 0 aliphatic carbocycles. The minimum Gasteiger partial charge on any atom is -0.371 e. The third-order valence-electron chi connectivity index (χ3n) is 3.57. The van der Waals surface area contributed by atoms with Crippen molar-refractivity contribution in [2.45, 2.75) is 12.5 Å². The zero-order chi connectivity index (χ0) is 17.3. The van der Waals surface area contributed by atoms with E-state index in [0.717, 1.165) is 6.07 Å². The van der Waals surface area contributed by atoms with Crippen LogP contribution in [-0.2, 0) is 0 Å². The van der Waals surface area contributed by atoms with Gasteiger partial charge in [-0.25, -0.2) is 13.2 Å². The molecule has 3 aromatic rings. The number of alkyl halides is 2. The number of para-hydroxylation sites is 1. The number of nitrogens with zero attached hydrogens (tertiary/aromatic N) is 1. The molecular weight excluding hydrogens is 405 g/mol. The van der Waals surface area contributed by atoms with E-state index in [4.69, 9.17) is 11.6 Å². The number of benzene rings is 2. The van der Waals surface area contributed by atoms with E-state index in [0.29, 0.717) is 21.1 Å². The molecule has 124 valence electrons. The predicted octanol–water partition coefficient (Wildman–Crippen LogP) is 6.21. The van der Waals surface area contributed by atoms with Crippen LogP contribution in [0.3, 0.4) is 0 Å². The van der Waals surface area contributed by atoms with Crippen molar-refractivity contribution in [3.8, 4) is 0 Å². The van der Waals surface area contributed by atoms with Crippen molar-refractivity contribution in [2.24, 2.45) is 0 Å². The Morgan fingerprint density at radius 1 is 1.12 bits per heavy atom. The number of fused-ring (bicyclic) bond motifs is 1. The molecule has 1 heterocycles. The van der Waals surface area contributed by atoms with Crippen LogP contribution in [0.15, 0.2) is 53.1 Å². The molecule has 0 aliphatic heterocycles. The van der Waals surface area contributed by atoms with Crippen molar-refractivity contribution in [1.29, 1.82) is 0 Å². The molecule has 0 fully saturated rings. The van der Waals surface area contributed by atoms with E-state index in [-0.39, 0.29) is 10.6 Å². The van der Waals surface area contributed by atoms with Gasteiger partial charge in [0.1, 0.15) is 11.9 Å². The molecule has 2 nitrogen and oxygen atoms in total. The molecule has 0 radical (unpaired) electrons. The number of pyridine rings is 1. The van der Waals surface area contributed by atoms with Crippen LogP contribution in [0.4, 0.5) is 18.9 Å². The zero-order valence-electron chi connectivity index (χ0n) is 12.1. The first kappa shape index (κ1) is 17.0. The summed E-state index contributed by atoms with van der Waals surface area (Å²) in [5, 5.41) is 3.47. The molecular formula is C17H11BrClF3N2. The van der Waals surface area contributed by atoms with Gasteiger partial charge in [0, 0.05) is 21.6 Å². The van der Waals surface area contributed by atoms with Gasteiger partial charge in [-0.1, -0.05) is 45.7 Å². The Morgan fingerprint density at radius 2 is 1.88 bits per heavy atom. The van der Waals surface area contributed by atoms with E-state index >= 15 is 0 Å².